The van der Waals surface area contributed by atoms with E-state index in [1.54, 1.807) is 0 Å². The molecule has 0 aliphatic heterocycles. The zero-order valence-corrected chi connectivity index (χ0v) is 13.2. The number of carbonyl (C=O) groups is 1. The molecule has 116 valence electrons. The zero-order valence-electron chi connectivity index (χ0n) is 13.2. The lowest BCUT2D eigenvalue weighted by molar-refractivity contribution is 0.0927. The molecule has 0 heterocycles. The molecule has 1 saturated carbocycles. The average Bonchev–Trinajstić information content (AvgIpc) is 2.62. The molecule has 0 radical (unpaired) electrons. The summed E-state index contributed by atoms with van der Waals surface area (Å²) in [4.78, 5) is 12.3. The largest absolute Gasteiger partial charge is 0.349 e. The van der Waals surface area contributed by atoms with Crippen LogP contribution in [0.4, 0.5) is 0 Å². The second kappa shape index (κ2) is 7.65. The highest BCUT2D eigenvalue weighted by Crippen LogP contribution is 2.18. The van der Waals surface area contributed by atoms with Crippen LogP contribution in [0.3, 0.4) is 0 Å². The van der Waals surface area contributed by atoms with E-state index in [0.29, 0.717) is 11.6 Å². The van der Waals surface area contributed by atoms with Gasteiger partial charge in [0.15, 0.2) is 0 Å². The first-order valence-electron chi connectivity index (χ1n) is 8.29. The predicted octanol–water partition coefficient (Wildman–Crippen LogP) is 4.15. The van der Waals surface area contributed by atoms with Crippen LogP contribution >= 0.6 is 0 Å². The Balaban J connectivity index is 1.62. The van der Waals surface area contributed by atoms with Gasteiger partial charge in [0.1, 0.15) is 0 Å². The molecule has 1 fully saturated rings. The second-order valence-electron chi connectivity index (χ2n) is 6.00. The standard InChI is InChI=1S/C21H21NO/c23-21(22-20-9-5-2-6-10-20)19-15-13-18(14-16-19)12-11-17-7-3-1-4-8-17/h1,3-4,7-8,13-16,20H,2,5-6,9-10H2,(H,22,23). The number of amides is 1. The average molecular weight is 303 g/mol. The zero-order chi connectivity index (χ0) is 15.9. The van der Waals surface area contributed by atoms with Crippen molar-refractivity contribution >= 4 is 5.91 Å². The van der Waals surface area contributed by atoms with E-state index in [0.717, 1.165) is 24.0 Å². The van der Waals surface area contributed by atoms with Gasteiger partial charge in [-0.1, -0.05) is 49.3 Å². The van der Waals surface area contributed by atoms with Gasteiger partial charge >= 0.3 is 0 Å². The Morgan fingerprint density at radius 1 is 0.826 bits per heavy atom. The van der Waals surface area contributed by atoms with E-state index < -0.39 is 0 Å². The minimum Gasteiger partial charge on any atom is -0.349 e. The maximum absolute atomic E-state index is 12.3. The van der Waals surface area contributed by atoms with Gasteiger partial charge < -0.3 is 5.32 Å². The maximum Gasteiger partial charge on any atom is 0.251 e. The maximum atomic E-state index is 12.3. The molecule has 23 heavy (non-hydrogen) atoms. The third-order valence-corrected chi connectivity index (χ3v) is 4.21. The quantitative estimate of drug-likeness (QED) is 0.830. The molecule has 0 bridgehead atoms. The van der Waals surface area contributed by atoms with Gasteiger partial charge in [0.25, 0.3) is 5.91 Å². The molecule has 3 rings (SSSR count). The highest BCUT2D eigenvalue weighted by Gasteiger charge is 2.16. The van der Waals surface area contributed by atoms with Crippen LogP contribution in [0.2, 0.25) is 0 Å². The molecule has 1 aliphatic carbocycles. The van der Waals surface area contributed by atoms with E-state index in [-0.39, 0.29) is 5.91 Å². The molecule has 0 saturated heterocycles. The number of hydrogen-bond acceptors (Lipinski definition) is 1. The molecular formula is C21H21NO. The molecule has 2 aromatic carbocycles. The Morgan fingerprint density at radius 3 is 2.09 bits per heavy atom. The molecular weight excluding hydrogens is 282 g/mol. The van der Waals surface area contributed by atoms with Crippen molar-refractivity contribution in [1.29, 1.82) is 0 Å². The molecule has 0 aromatic heterocycles. The van der Waals surface area contributed by atoms with Gasteiger partial charge in [0, 0.05) is 22.7 Å². The Morgan fingerprint density at radius 2 is 1.43 bits per heavy atom. The summed E-state index contributed by atoms with van der Waals surface area (Å²) >= 11 is 0. The van der Waals surface area contributed by atoms with Gasteiger partial charge in [-0.3, -0.25) is 4.79 Å². The smallest absolute Gasteiger partial charge is 0.251 e. The van der Waals surface area contributed by atoms with Gasteiger partial charge in [-0.25, -0.2) is 0 Å². The third-order valence-electron chi connectivity index (χ3n) is 4.21. The molecule has 0 atom stereocenters. The molecule has 2 aromatic rings. The van der Waals surface area contributed by atoms with Gasteiger partial charge in [0.05, 0.1) is 0 Å². The van der Waals surface area contributed by atoms with Crippen molar-refractivity contribution in [3.05, 3.63) is 71.3 Å². The Hall–Kier alpha value is -2.53. The molecule has 1 N–H and O–H groups in total. The summed E-state index contributed by atoms with van der Waals surface area (Å²) in [5.41, 5.74) is 2.62. The lowest BCUT2D eigenvalue weighted by Gasteiger charge is -2.22. The number of hydrogen-bond donors (Lipinski definition) is 1. The SMILES string of the molecule is O=C(NC1CCCCC1)c1ccc(C#Cc2ccccc2)cc1. The third kappa shape index (κ3) is 4.47. The normalized spacial score (nSPS) is 14.6. The number of carbonyl (C=O) groups excluding carboxylic acids is 1. The van der Waals surface area contributed by atoms with Crippen molar-refractivity contribution in [2.75, 3.05) is 0 Å². The second-order valence-corrected chi connectivity index (χ2v) is 6.00. The first kappa shape index (κ1) is 15.4. The highest BCUT2D eigenvalue weighted by molar-refractivity contribution is 5.94. The van der Waals surface area contributed by atoms with Crippen LogP contribution in [-0.2, 0) is 0 Å². The van der Waals surface area contributed by atoms with Crippen LogP contribution < -0.4 is 5.32 Å². The molecule has 1 amide bonds. The monoisotopic (exact) mass is 303 g/mol. The molecule has 2 heteroatoms. The van der Waals surface area contributed by atoms with Crippen LogP contribution in [0.1, 0.15) is 53.6 Å². The number of benzene rings is 2. The summed E-state index contributed by atoms with van der Waals surface area (Å²) in [6, 6.07) is 17.8. The first-order chi connectivity index (χ1) is 11.3. The van der Waals surface area contributed by atoms with E-state index >= 15 is 0 Å². The molecule has 0 unspecified atom stereocenters. The van der Waals surface area contributed by atoms with Gasteiger partial charge in [-0.05, 0) is 49.2 Å². The van der Waals surface area contributed by atoms with Crippen molar-refractivity contribution in [3.63, 3.8) is 0 Å². The summed E-state index contributed by atoms with van der Waals surface area (Å²) in [5.74, 6) is 6.28. The summed E-state index contributed by atoms with van der Waals surface area (Å²) in [6.07, 6.45) is 5.94. The lowest BCUT2D eigenvalue weighted by Crippen LogP contribution is -2.36. The van der Waals surface area contributed by atoms with E-state index in [2.05, 4.69) is 17.2 Å². The van der Waals surface area contributed by atoms with Gasteiger partial charge in [0.2, 0.25) is 0 Å². The van der Waals surface area contributed by atoms with Crippen LogP contribution in [0.15, 0.2) is 54.6 Å². The van der Waals surface area contributed by atoms with Crippen molar-refractivity contribution in [2.45, 2.75) is 38.1 Å². The fraction of sp³-hybridized carbons (Fsp3) is 0.286. The van der Waals surface area contributed by atoms with E-state index in [9.17, 15) is 4.79 Å². The summed E-state index contributed by atoms with van der Waals surface area (Å²) in [5, 5.41) is 3.14. The Kier molecular flexibility index (Phi) is 5.11. The van der Waals surface area contributed by atoms with Gasteiger partial charge in [-0.15, -0.1) is 0 Å². The summed E-state index contributed by atoms with van der Waals surface area (Å²) < 4.78 is 0. The first-order valence-corrected chi connectivity index (χ1v) is 8.29. The van der Waals surface area contributed by atoms with Crippen LogP contribution in [0.5, 0.6) is 0 Å². The Bertz CT molecular complexity index is 701. The van der Waals surface area contributed by atoms with Crippen LogP contribution in [-0.4, -0.2) is 11.9 Å². The predicted molar refractivity (Wildman–Crippen MR) is 93.2 cm³/mol. The number of nitrogens with one attached hydrogen (secondary N) is 1. The van der Waals surface area contributed by atoms with Crippen LogP contribution in [0.25, 0.3) is 0 Å². The van der Waals surface area contributed by atoms with E-state index in [1.807, 2.05) is 54.6 Å². The minimum atomic E-state index is 0.0273. The summed E-state index contributed by atoms with van der Waals surface area (Å²) in [7, 11) is 0. The fourth-order valence-electron chi connectivity index (χ4n) is 2.89. The summed E-state index contributed by atoms with van der Waals surface area (Å²) in [6.45, 7) is 0. The van der Waals surface area contributed by atoms with Gasteiger partial charge in [-0.2, -0.15) is 0 Å². The number of rotatable bonds is 2. The van der Waals surface area contributed by atoms with Crippen molar-refractivity contribution in [2.24, 2.45) is 0 Å². The minimum absolute atomic E-state index is 0.0273. The molecule has 1 aliphatic rings. The van der Waals surface area contributed by atoms with Crippen molar-refractivity contribution in [3.8, 4) is 11.8 Å². The van der Waals surface area contributed by atoms with Crippen molar-refractivity contribution in [1.82, 2.24) is 5.32 Å². The van der Waals surface area contributed by atoms with Crippen LogP contribution in [0, 0.1) is 11.8 Å². The topological polar surface area (TPSA) is 29.1 Å². The lowest BCUT2D eigenvalue weighted by atomic mass is 9.95. The Labute approximate surface area is 137 Å². The highest BCUT2D eigenvalue weighted by atomic mass is 16.1. The van der Waals surface area contributed by atoms with E-state index in [4.69, 9.17) is 0 Å². The molecule has 2 nitrogen and oxygen atoms in total. The van der Waals surface area contributed by atoms with Crippen molar-refractivity contribution < 1.29 is 4.79 Å². The van der Waals surface area contributed by atoms with E-state index in [1.165, 1.54) is 19.3 Å². The fourth-order valence-corrected chi connectivity index (χ4v) is 2.89. The molecule has 0 spiro atoms.